The van der Waals surface area contributed by atoms with Gasteiger partial charge in [0.2, 0.25) is 0 Å². The summed E-state index contributed by atoms with van der Waals surface area (Å²) >= 11 is 0. The molecule has 0 radical (unpaired) electrons. The number of halogens is 2. The van der Waals surface area contributed by atoms with E-state index in [9.17, 15) is 8.78 Å². The molecular formula is C13H15F2N3. The van der Waals surface area contributed by atoms with Crippen molar-refractivity contribution in [2.75, 3.05) is 5.32 Å². The molecule has 0 amide bonds. The van der Waals surface area contributed by atoms with Crippen LogP contribution in [-0.4, -0.2) is 9.78 Å². The lowest BCUT2D eigenvalue weighted by Crippen LogP contribution is -2.02. The molecule has 0 fully saturated rings. The Labute approximate surface area is 104 Å². The van der Waals surface area contributed by atoms with Crippen LogP contribution in [-0.2, 0) is 13.6 Å². The predicted molar refractivity (Wildman–Crippen MR) is 66.4 cm³/mol. The van der Waals surface area contributed by atoms with E-state index in [4.69, 9.17) is 0 Å². The molecule has 2 rings (SSSR count). The highest BCUT2D eigenvalue weighted by Crippen LogP contribution is 2.19. The van der Waals surface area contributed by atoms with Crippen molar-refractivity contribution < 1.29 is 8.78 Å². The first-order valence-corrected chi connectivity index (χ1v) is 5.66. The second kappa shape index (κ2) is 4.76. The molecule has 0 saturated carbocycles. The standard InChI is InChI=1S/C13H15F2N3/c1-8-13(9(2)18(3)17-8)16-7-10-4-11(14)6-12(15)5-10/h4-6,16H,7H2,1-3H3. The summed E-state index contributed by atoms with van der Waals surface area (Å²) in [5.74, 6) is -1.13. The number of benzene rings is 1. The minimum Gasteiger partial charge on any atom is -0.378 e. The lowest BCUT2D eigenvalue weighted by molar-refractivity contribution is 0.580. The van der Waals surface area contributed by atoms with Crippen molar-refractivity contribution in [3.8, 4) is 0 Å². The maximum atomic E-state index is 13.0. The van der Waals surface area contributed by atoms with Gasteiger partial charge in [0.05, 0.1) is 17.1 Å². The van der Waals surface area contributed by atoms with Gasteiger partial charge in [0.15, 0.2) is 0 Å². The Bertz CT molecular complexity index is 556. The highest BCUT2D eigenvalue weighted by Gasteiger charge is 2.09. The number of hydrogen-bond acceptors (Lipinski definition) is 2. The molecule has 1 aromatic carbocycles. The van der Waals surface area contributed by atoms with Crippen molar-refractivity contribution in [3.05, 3.63) is 46.8 Å². The van der Waals surface area contributed by atoms with Crippen LogP contribution in [0.5, 0.6) is 0 Å². The van der Waals surface area contributed by atoms with Crippen LogP contribution < -0.4 is 5.32 Å². The molecule has 1 N–H and O–H groups in total. The SMILES string of the molecule is Cc1nn(C)c(C)c1NCc1cc(F)cc(F)c1. The van der Waals surface area contributed by atoms with E-state index in [1.165, 1.54) is 12.1 Å². The molecule has 1 aromatic heterocycles. The van der Waals surface area contributed by atoms with Gasteiger partial charge in [0.1, 0.15) is 11.6 Å². The Balaban J connectivity index is 2.16. The van der Waals surface area contributed by atoms with Crippen molar-refractivity contribution in [1.82, 2.24) is 9.78 Å². The van der Waals surface area contributed by atoms with Gasteiger partial charge in [-0.25, -0.2) is 8.78 Å². The van der Waals surface area contributed by atoms with Crippen molar-refractivity contribution in [3.63, 3.8) is 0 Å². The summed E-state index contributed by atoms with van der Waals surface area (Å²) in [5.41, 5.74) is 3.33. The Morgan fingerprint density at radius 1 is 1.17 bits per heavy atom. The third-order valence-electron chi connectivity index (χ3n) is 2.90. The summed E-state index contributed by atoms with van der Waals surface area (Å²) in [6.07, 6.45) is 0. The van der Waals surface area contributed by atoms with E-state index in [2.05, 4.69) is 10.4 Å². The van der Waals surface area contributed by atoms with Gasteiger partial charge in [-0.3, -0.25) is 4.68 Å². The molecule has 3 nitrogen and oxygen atoms in total. The van der Waals surface area contributed by atoms with Crippen molar-refractivity contribution in [2.24, 2.45) is 7.05 Å². The molecule has 0 aliphatic carbocycles. The molecule has 18 heavy (non-hydrogen) atoms. The van der Waals surface area contributed by atoms with Crippen molar-refractivity contribution >= 4 is 5.69 Å². The zero-order valence-corrected chi connectivity index (χ0v) is 10.6. The number of rotatable bonds is 3. The number of aryl methyl sites for hydroxylation is 2. The second-order valence-corrected chi connectivity index (χ2v) is 4.30. The minimum atomic E-state index is -0.563. The van der Waals surface area contributed by atoms with E-state index in [-0.39, 0.29) is 0 Å². The molecule has 0 atom stereocenters. The smallest absolute Gasteiger partial charge is 0.126 e. The van der Waals surface area contributed by atoms with Crippen LogP contribution in [0.4, 0.5) is 14.5 Å². The largest absolute Gasteiger partial charge is 0.378 e. The van der Waals surface area contributed by atoms with E-state index >= 15 is 0 Å². The molecule has 0 aliphatic rings. The van der Waals surface area contributed by atoms with Crippen LogP contribution in [0.2, 0.25) is 0 Å². The van der Waals surface area contributed by atoms with Crippen LogP contribution in [0, 0.1) is 25.5 Å². The molecule has 0 saturated heterocycles. The first-order valence-electron chi connectivity index (χ1n) is 5.66. The average Bonchev–Trinajstić information content (AvgIpc) is 2.50. The zero-order chi connectivity index (χ0) is 13.3. The molecule has 2 aromatic rings. The highest BCUT2D eigenvalue weighted by molar-refractivity contribution is 5.52. The molecule has 0 unspecified atom stereocenters. The van der Waals surface area contributed by atoms with E-state index in [0.717, 1.165) is 23.1 Å². The quantitative estimate of drug-likeness (QED) is 0.909. The Morgan fingerprint density at radius 2 is 1.78 bits per heavy atom. The fourth-order valence-corrected chi connectivity index (χ4v) is 1.93. The molecule has 0 spiro atoms. The third-order valence-corrected chi connectivity index (χ3v) is 2.90. The van der Waals surface area contributed by atoms with Crippen LogP contribution in [0.15, 0.2) is 18.2 Å². The van der Waals surface area contributed by atoms with Crippen molar-refractivity contribution in [1.29, 1.82) is 0 Å². The lowest BCUT2D eigenvalue weighted by atomic mass is 10.2. The molecule has 1 heterocycles. The summed E-state index contributed by atoms with van der Waals surface area (Å²) in [6, 6.07) is 3.50. The number of hydrogen-bond donors (Lipinski definition) is 1. The first-order chi connectivity index (χ1) is 8.47. The molecule has 0 aliphatic heterocycles. The van der Waals surface area contributed by atoms with E-state index in [1.807, 2.05) is 20.9 Å². The molecule has 0 bridgehead atoms. The summed E-state index contributed by atoms with van der Waals surface area (Å²) in [5, 5.41) is 7.42. The van der Waals surface area contributed by atoms with Gasteiger partial charge in [-0.05, 0) is 31.5 Å². The van der Waals surface area contributed by atoms with Gasteiger partial charge in [-0.1, -0.05) is 0 Å². The number of nitrogens with zero attached hydrogens (tertiary/aromatic N) is 2. The number of aromatic nitrogens is 2. The number of nitrogens with one attached hydrogen (secondary N) is 1. The Kier molecular flexibility index (Phi) is 3.32. The maximum Gasteiger partial charge on any atom is 0.126 e. The number of anilines is 1. The summed E-state index contributed by atoms with van der Waals surface area (Å²) in [7, 11) is 1.86. The van der Waals surface area contributed by atoms with E-state index in [0.29, 0.717) is 12.1 Å². The van der Waals surface area contributed by atoms with Gasteiger partial charge < -0.3 is 5.32 Å². The van der Waals surface area contributed by atoms with Gasteiger partial charge >= 0.3 is 0 Å². The topological polar surface area (TPSA) is 29.9 Å². The average molecular weight is 251 g/mol. The van der Waals surface area contributed by atoms with Gasteiger partial charge in [0.25, 0.3) is 0 Å². The fraction of sp³-hybridized carbons (Fsp3) is 0.308. The highest BCUT2D eigenvalue weighted by atomic mass is 19.1. The molecular weight excluding hydrogens is 236 g/mol. The van der Waals surface area contributed by atoms with Gasteiger partial charge in [-0.2, -0.15) is 5.10 Å². The van der Waals surface area contributed by atoms with Crippen LogP contribution >= 0.6 is 0 Å². The van der Waals surface area contributed by atoms with Gasteiger partial charge in [0, 0.05) is 19.7 Å². The summed E-state index contributed by atoms with van der Waals surface area (Å²) in [6.45, 7) is 4.19. The first kappa shape index (κ1) is 12.5. The van der Waals surface area contributed by atoms with Crippen molar-refractivity contribution in [2.45, 2.75) is 20.4 Å². The zero-order valence-electron chi connectivity index (χ0n) is 10.6. The van der Waals surface area contributed by atoms with Gasteiger partial charge in [-0.15, -0.1) is 0 Å². The Morgan fingerprint density at radius 3 is 2.28 bits per heavy atom. The van der Waals surface area contributed by atoms with E-state index in [1.54, 1.807) is 4.68 Å². The maximum absolute atomic E-state index is 13.0. The normalized spacial score (nSPS) is 10.7. The van der Waals surface area contributed by atoms with Crippen LogP contribution in [0.25, 0.3) is 0 Å². The van der Waals surface area contributed by atoms with E-state index < -0.39 is 11.6 Å². The summed E-state index contributed by atoms with van der Waals surface area (Å²) < 4.78 is 27.8. The third kappa shape index (κ3) is 2.50. The second-order valence-electron chi connectivity index (χ2n) is 4.30. The molecule has 5 heteroatoms. The Hall–Kier alpha value is -1.91. The monoisotopic (exact) mass is 251 g/mol. The minimum absolute atomic E-state index is 0.363. The lowest BCUT2D eigenvalue weighted by Gasteiger charge is -2.07. The van der Waals surface area contributed by atoms with Crippen LogP contribution in [0.3, 0.4) is 0 Å². The fourth-order valence-electron chi connectivity index (χ4n) is 1.93. The van der Waals surface area contributed by atoms with Crippen LogP contribution in [0.1, 0.15) is 17.0 Å². The predicted octanol–water partition coefficient (Wildman–Crippen LogP) is 2.93. The summed E-state index contributed by atoms with van der Waals surface area (Å²) in [4.78, 5) is 0. The molecule has 96 valence electrons.